The molecule has 0 aliphatic heterocycles. The zero-order valence-electron chi connectivity index (χ0n) is 10.9. The van der Waals surface area contributed by atoms with Crippen molar-refractivity contribution < 1.29 is 18.1 Å². The third-order valence-electron chi connectivity index (χ3n) is 2.09. The van der Waals surface area contributed by atoms with E-state index in [2.05, 4.69) is 0 Å². The lowest BCUT2D eigenvalue weighted by Gasteiger charge is -2.22. The van der Waals surface area contributed by atoms with Crippen molar-refractivity contribution in [1.82, 2.24) is 0 Å². The van der Waals surface area contributed by atoms with Gasteiger partial charge < -0.3 is 4.74 Å². The Bertz CT molecular complexity index is 466. The molecule has 5 heteroatoms. The van der Waals surface area contributed by atoms with Gasteiger partial charge in [-0.25, -0.2) is 4.39 Å². The molecule has 0 saturated heterocycles. The summed E-state index contributed by atoms with van der Waals surface area (Å²) in [6, 6.07) is 5.42. The number of ether oxygens (including phenoxy) is 1. The standard InChI is InChI=1S/C13H17FO3S/c1-9(12(15)17-13(2,3)4)18(16)11-7-5-6-10(14)8-11/h5-9H,1-4H3. The third-order valence-corrected chi connectivity index (χ3v) is 3.64. The number of esters is 1. The van der Waals surface area contributed by atoms with Crippen molar-refractivity contribution in [2.45, 2.75) is 43.4 Å². The van der Waals surface area contributed by atoms with Gasteiger partial charge in [-0.05, 0) is 45.9 Å². The van der Waals surface area contributed by atoms with Crippen LogP contribution < -0.4 is 0 Å². The molecule has 0 bridgehead atoms. The molecule has 0 aliphatic rings. The Balaban J connectivity index is 2.81. The Labute approximate surface area is 109 Å². The lowest BCUT2D eigenvalue weighted by atomic mass is 10.2. The summed E-state index contributed by atoms with van der Waals surface area (Å²) < 4.78 is 30.2. The molecule has 0 N–H and O–H groups in total. The molecule has 1 rings (SSSR count). The average Bonchev–Trinajstić information content (AvgIpc) is 2.24. The first kappa shape index (κ1) is 14.8. The summed E-state index contributed by atoms with van der Waals surface area (Å²) >= 11 is 0. The van der Waals surface area contributed by atoms with E-state index in [1.807, 2.05) is 0 Å². The van der Waals surface area contributed by atoms with E-state index >= 15 is 0 Å². The average molecular weight is 272 g/mol. The summed E-state index contributed by atoms with van der Waals surface area (Å²) in [6.45, 7) is 6.73. The number of hydrogen-bond acceptors (Lipinski definition) is 3. The fraction of sp³-hybridized carbons (Fsp3) is 0.462. The second-order valence-electron chi connectivity index (χ2n) is 4.93. The number of rotatable bonds is 3. The van der Waals surface area contributed by atoms with Crippen molar-refractivity contribution in [1.29, 1.82) is 0 Å². The molecule has 0 saturated carbocycles. The number of carbonyl (C=O) groups is 1. The maximum absolute atomic E-state index is 13.0. The van der Waals surface area contributed by atoms with Gasteiger partial charge in [0.2, 0.25) is 0 Å². The molecule has 0 fully saturated rings. The van der Waals surface area contributed by atoms with E-state index in [9.17, 15) is 13.4 Å². The predicted molar refractivity (Wildman–Crippen MR) is 68.1 cm³/mol. The summed E-state index contributed by atoms with van der Waals surface area (Å²) in [6.07, 6.45) is 0. The Morgan fingerprint density at radius 1 is 1.39 bits per heavy atom. The molecule has 0 aromatic heterocycles. The van der Waals surface area contributed by atoms with Crippen molar-refractivity contribution in [3.63, 3.8) is 0 Å². The number of carbonyl (C=O) groups excluding carboxylic acids is 1. The number of halogens is 1. The number of benzene rings is 1. The highest BCUT2D eigenvalue weighted by Gasteiger charge is 2.27. The van der Waals surface area contributed by atoms with E-state index in [0.717, 1.165) is 6.07 Å². The van der Waals surface area contributed by atoms with Crippen LogP contribution in [0.3, 0.4) is 0 Å². The zero-order chi connectivity index (χ0) is 13.9. The molecule has 0 spiro atoms. The van der Waals surface area contributed by atoms with Crippen molar-refractivity contribution in [2.75, 3.05) is 0 Å². The topological polar surface area (TPSA) is 43.4 Å². The molecule has 0 heterocycles. The fourth-order valence-electron chi connectivity index (χ4n) is 1.27. The van der Waals surface area contributed by atoms with Gasteiger partial charge in [0.1, 0.15) is 16.7 Å². The van der Waals surface area contributed by atoms with Crippen LogP contribution in [0.1, 0.15) is 27.7 Å². The molecular weight excluding hydrogens is 255 g/mol. The van der Waals surface area contributed by atoms with Crippen molar-refractivity contribution in [2.24, 2.45) is 0 Å². The van der Waals surface area contributed by atoms with E-state index in [0.29, 0.717) is 0 Å². The SMILES string of the molecule is CC(C(=O)OC(C)(C)C)S(=O)c1cccc(F)c1. The molecule has 18 heavy (non-hydrogen) atoms. The van der Waals surface area contributed by atoms with Crippen LogP contribution in [0.15, 0.2) is 29.2 Å². The van der Waals surface area contributed by atoms with Crippen LogP contribution in [-0.2, 0) is 20.3 Å². The Kier molecular flexibility index (Phi) is 4.62. The van der Waals surface area contributed by atoms with Crippen LogP contribution in [0.25, 0.3) is 0 Å². The van der Waals surface area contributed by atoms with E-state index in [1.54, 1.807) is 20.8 Å². The molecule has 100 valence electrons. The van der Waals surface area contributed by atoms with Crippen LogP contribution in [0.4, 0.5) is 4.39 Å². The monoisotopic (exact) mass is 272 g/mol. The first-order chi connectivity index (χ1) is 8.20. The summed E-state index contributed by atoms with van der Waals surface area (Å²) in [4.78, 5) is 12.0. The summed E-state index contributed by atoms with van der Waals surface area (Å²) in [5.74, 6) is -1.03. The minimum Gasteiger partial charge on any atom is -0.459 e. The molecule has 3 nitrogen and oxygen atoms in total. The van der Waals surface area contributed by atoms with E-state index in [4.69, 9.17) is 4.74 Å². The van der Waals surface area contributed by atoms with Gasteiger partial charge in [-0.2, -0.15) is 0 Å². The predicted octanol–water partition coefficient (Wildman–Crippen LogP) is 2.66. The van der Waals surface area contributed by atoms with Crippen molar-refractivity contribution in [3.05, 3.63) is 30.1 Å². The highest BCUT2D eigenvalue weighted by molar-refractivity contribution is 7.86. The molecule has 1 aromatic carbocycles. The second kappa shape index (κ2) is 5.61. The molecular formula is C13H17FO3S. The van der Waals surface area contributed by atoms with Gasteiger partial charge in [-0.15, -0.1) is 0 Å². The molecule has 2 atom stereocenters. The van der Waals surface area contributed by atoms with Gasteiger partial charge in [0.25, 0.3) is 0 Å². The van der Waals surface area contributed by atoms with Crippen molar-refractivity contribution in [3.8, 4) is 0 Å². The quantitative estimate of drug-likeness (QED) is 0.795. The van der Waals surface area contributed by atoms with Gasteiger partial charge in [-0.3, -0.25) is 9.00 Å². The summed E-state index contributed by atoms with van der Waals surface area (Å²) in [7, 11) is -1.62. The van der Waals surface area contributed by atoms with Crippen LogP contribution >= 0.6 is 0 Å². The van der Waals surface area contributed by atoms with Crippen LogP contribution in [0.5, 0.6) is 0 Å². The molecule has 2 unspecified atom stereocenters. The minimum atomic E-state index is -1.62. The maximum atomic E-state index is 13.0. The maximum Gasteiger partial charge on any atom is 0.322 e. The van der Waals surface area contributed by atoms with Gasteiger partial charge >= 0.3 is 5.97 Å². The van der Waals surface area contributed by atoms with Gasteiger partial charge in [0.05, 0.1) is 10.8 Å². The van der Waals surface area contributed by atoms with Crippen LogP contribution in [-0.4, -0.2) is 21.0 Å². The van der Waals surface area contributed by atoms with Gasteiger partial charge in [-0.1, -0.05) is 6.07 Å². The Hall–Kier alpha value is -1.23. The largest absolute Gasteiger partial charge is 0.459 e. The first-order valence-electron chi connectivity index (χ1n) is 5.60. The van der Waals surface area contributed by atoms with Gasteiger partial charge in [0.15, 0.2) is 0 Å². The summed E-state index contributed by atoms with van der Waals surface area (Å²) in [5.41, 5.74) is -0.627. The van der Waals surface area contributed by atoms with Gasteiger partial charge in [0, 0.05) is 4.90 Å². The first-order valence-corrected chi connectivity index (χ1v) is 6.81. The van der Waals surface area contributed by atoms with E-state index in [-0.39, 0.29) is 4.90 Å². The smallest absolute Gasteiger partial charge is 0.322 e. The highest BCUT2D eigenvalue weighted by atomic mass is 32.2. The Morgan fingerprint density at radius 2 is 2.00 bits per heavy atom. The summed E-state index contributed by atoms with van der Waals surface area (Å²) in [5, 5.41) is -0.828. The van der Waals surface area contributed by atoms with E-state index < -0.39 is 33.4 Å². The van der Waals surface area contributed by atoms with Crippen LogP contribution in [0.2, 0.25) is 0 Å². The molecule has 1 aromatic rings. The zero-order valence-corrected chi connectivity index (χ0v) is 11.7. The molecule has 0 amide bonds. The van der Waals surface area contributed by atoms with Crippen LogP contribution in [0, 0.1) is 5.82 Å². The fourth-order valence-corrected chi connectivity index (χ4v) is 2.34. The molecule has 0 aliphatic carbocycles. The molecule has 0 radical (unpaired) electrons. The van der Waals surface area contributed by atoms with E-state index in [1.165, 1.54) is 25.1 Å². The Morgan fingerprint density at radius 3 is 2.50 bits per heavy atom. The second-order valence-corrected chi connectivity index (χ2v) is 6.70. The third kappa shape index (κ3) is 4.22. The minimum absolute atomic E-state index is 0.286. The lowest BCUT2D eigenvalue weighted by molar-refractivity contribution is -0.153. The normalized spacial score (nSPS) is 14.9. The highest BCUT2D eigenvalue weighted by Crippen LogP contribution is 2.16. The lowest BCUT2D eigenvalue weighted by Crippen LogP contribution is -2.32. The number of hydrogen-bond donors (Lipinski definition) is 0. The van der Waals surface area contributed by atoms with Crippen molar-refractivity contribution >= 4 is 16.8 Å².